The highest BCUT2D eigenvalue weighted by atomic mass is 35.5. The van der Waals surface area contributed by atoms with Gasteiger partial charge in [-0.3, -0.25) is 14.9 Å². The molecule has 148 valence electrons. The molecule has 0 aromatic heterocycles. The van der Waals surface area contributed by atoms with E-state index < -0.39 is 26.7 Å². The van der Waals surface area contributed by atoms with Gasteiger partial charge in [-0.15, -0.1) is 0 Å². The summed E-state index contributed by atoms with van der Waals surface area (Å²) in [4.78, 5) is 24.3. The van der Waals surface area contributed by atoms with Crippen LogP contribution in [0.4, 0.5) is 10.1 Å². The first kappa shape index (κ1) is 20.2. The Bertz CT molecular complexity index is 1040. The number of para-hydroxylation sites is 1. The van der Waals surface area contributed by atoms with Crippen molar-refractivity contribution in [2.75, 3.05) is 26.2 Å². The fourth-order valence-electron chi connectivity index (χ4n) is 2.90. The van der Waals surface area contributed by atoms with Crippen molar-refractivity contribution >= 4 is 33.2 Å². The number of hydrogen-bond donors (Lipinski definition) is 0. The predicted octanol–water partition coefficient (Wildman–Crippen LogP) is 2.53. The second-order valence-electron chi connectivity index (χ2n) is 6.05. The molecule has 2 aromatic carbocycles. The number of nitrogens with zero attached hydrogens (tertiary/aromatic N) is 3. The van der Waals surface area contributed by atoms with E-state index in [9.17, 15) is 27.7 Å². The lowest BCUT2D eigenvalue weighted by molar-refractivity contribution is -0.385. The summed E-state index contributed by atoms with van der Waals surface area (Å²) in [7, 11) is -3.90. The van der Waals surface area contributed by atoms with Crippen LogP contribution in [0.2, 0.25) is 5.02 Å². The Labute approximate surface area is 165 Å². The molecule has 3 rings (SSSR count). The molecule has 0 atom stereocenters. The van der Waals surface area contributed by atoms with Gasteiger partial charge < -0.3 is 4.90 Å². The summed E-state index contributed by atoms with van der Waals surface area (Å²) in [6.07, 6.45) is 0. The van der Waals surface area contributed by atoms with E-state index in [1.54, 1.807) is 0 Å². The van der Waals surface area contributed by atoms with Crippen LogP contribution in [-0.2, 0) is 10.0 Å². The van der Waals surface area contributed by atoms with Crippen LogP contribution >= 0.6 is 11.6 Å². The van der Waals surface area contributed by atoms with Gasteiger partial charge in [0.05, 0.1) is 14.8 Å². The van der Waals surface area contributed by atoms with E-state index in [4.69, 9.17) is 11.6 Å². The number of benzene rings is 2. The summed E-state index contributed by atoms with van der Waals surface area (Å²) in [6, 6.07) is 8.74. The maximum Gasteiger partial charge on any atom is 0.282 e. The Morgan fingerprint density at radius 3 is 2.36 bits per heavy atom. The van der Waals surface area contributed by atoms with Gasteiger partial charge in [-0.2, -0.15) is 4.31 Å². The number of carbonyl (C=O) groups is 1. The molecule has 0 radical (unpaired) electrons. The molecule has 8 nitrogen and oxygen atoms in total. The lowest BCUT2D eigenvalue weighted by atomic mass is 10.1. The van der Waals surface area contributed by atoms with Crippen molar-refractivity contribution in [1.82, 2.24) is 9.21 Å². The monoisotopic (exact) mass is 427 g/mol. The zero-order valence-electron chi connectivity index (χ0n) is 14.4. The third kappa shape index (κ3) is 3.84. The molecule has 2 aromatic rings. The maximum atomic E-state index is 13.3. The zero-order chi connectivity index (χ0) is 20.5. The van der Waals surface area contributed by atoms with Crippen molar-refractivity contribution in [3.05, 3.63) is 69.0 Å². The second-order valence-corrected chi connectivity index (χ2v) is 8.39. The first-order chi connectivity index (χ1) is 13.2. The predicted molar refractivity (Wildman–Crippen MR) is 99.2 cm³/mol. The summed E-state index contributed by atoms with van der Waals surface area (Å²) in [5.74, 6) is -1.25. The van der Waals surface area contributed by atoms with Crippen LogP contribution in [-0.4, -0.2) is 54.6 Å². The molecule has 28 heavy (non-hydrogen) atoms. The number of sulfonamides is 1. The van der Waals surface area contributed by atoms with Crippen LogP contribution in [0.1, 0.15) is 10.4 Å². The largest absolute Gasteiger partial charge is 0.336 e. The molecule has 0 bridgehead atoms. The first-order valence-corrected chi connectivity index (χ1v) is 10.0. The van der Waals surface area contributed by atoms with E-state index >= 15 is 0 Å². The number of nitro groups is 1. The van der Waals surface area contributed by atoms with Crippen LogP contribution in [0.15, 0.2) is 47.4 Å². The van der Waals surface area contributed by atoms with E-state index in [-0.39, 0.29) is 47.3 Å². The number of halogens is 2. The van der Waals surface area contributed by atoms with Gasteiger partial charge in [-0.25, -0.2) is 12.8 Å². The first-order valence-electron chi connectivity index (χ1n) is 8.19. The molecule has 1 amide bonds. The van der Waals surface area contributed by atoms with Gasteiger partial charge in [0.15, 0.2) is 0 Å². The minimum absolute atomic E-state index is 0.00367. The lowest BCUT2D eigenvalue weighted by Crippen LogP contribution is -2.50. The molecular weight excluding hydrogens is 413 g/mol. The molecule has 0 N–H and O–H groups in total. The van der Waals surface area contributed by atoms with Crippen LogP contribution in [0.3, 0.4) is 0 Å². The Hall–Kier alpha value is -2.56. The molecule has 11 heteroatoms. The van der Waals surface area contributed by atoms with Crippen molar-refractivity contribution in [2.24, 2.45) is 0 Å². The molecule has 1 heterocycles. The fraction of sp³-hybridized carbons (Fsp3) is 0.235. The van der Waals surface area contributed by atoms with Crippen molar-refractivity contribution in [1.29, 1.82) is 0 Å². The Balaban J connectivity index is 1.75. The second kappa shape index (κ2) is 7.82. The van der Waals surface area contributed by atoms with E-state index in [1.807, 2.05) is 0 Å². The van der Waals surface area contributed by atoms with Crippen molar-refractivity contribution in [3.63, 3.8) is 0 Å². The van der Waals surface area contributed by atoms with Gasteiger partial charge in [-0.1, -0.05) is 23.7 Å². The Kier molecular flexibility index (Phi) is 5.64. The molecule has 0 unspecified atom stereocenters. The lowest BCUT2D eigenvalue weighted by Gasteiger charge is -2.34. The van der Waals surface area contributed by atoms with Gasteiger partial charge in [0.25, 0.3) is 11.6 Å². The summed E-state index contributed by atoms with van der Waals surface area (Å²) < 4.78 is 39.8. The number of rotatable bonds is 4. The summed E-state index contributed by atoms with van der Waals surface area (Å²) in [6.45, 7) is 0.144. The standard InChI is InChI=1S/C17H15ClFN3O5S/c18-14-11-12(5-6-15(14)19)28(26,27)21-9-7-20(8-10-21)17(23)13-3-1-2-4-16(13)22(24)25/h1-6,11H,7-10H2. The zero-order valence-corrected chi connectivity index (χ0v) is 16.0. The minimum atomic E-state index is -3.90. The number of carbonyl (C=O) groups excluding carboxylic acids is 1. The molecular formula is C17H15ClFN3O5S. The van der Waals surface area contributed by atoms with E-state index in [1.165, 1.54) is 33.5 Å². The molecule has 1 aliphatic rings. The average Bonchev–Trinajstić information content (AvgIpc) is 2.69. The van der Waals surface area contributed by atoms with Crippen molar-refractivity contribution in [3.8, 4) is 0 Å². The highest BCUT2D eigenvalue weighted by Crippen LogP contribution is 2.24. The van der Waals surface area contributed by atoms with Crippen LogP contribution < -0.4 is 0 Å². The normalized spacial score (nSPS) is 15.4. The van der Waals surface area contributed by atoms with E-state index in [0.29, 0.717) is 0 Å². The van der Waals surface area contributed by atoms with Crippen LogP contribution in [0.25, 0.3) is 0 Å². The average molecular weight is 428 g/mol. The van der Waals surface area contributed by atoms with Crippen LogP contribution in [0.5, 0.6) is 0 Å². The van der Waals surface area contributed by atoms with Gasteiger partial charge >= 0.3 is 0 Å². The molecule has 1 aliphatic heterocycles. The number of amides is 1. The molecule has 0 saturated carbocycles. The fourth-order valence-corrected chi connectivity index (χ4v) is 4.60. The number of nitro benzene ring substituents is 1. The molecule has 0 aliphatic carbocycles. The Morgan fingerprint density at radius 1 is 1.11 bits per heavy atom. The SMILES string of the molecule is O=C(c1ccccc1[N+](=O)[O-])N1CCN(S(=O)(=O)c2ccc(F)c(Cl)c2)CC1. The summed E-state index contributed by atoms with van der Waals surface area (Å²) >= 11 is 5.67. The Morgan fingerprint density at radius 2 is 1.75 bits per heavy atom. The minimum Gasteiger partial charge on any atom is -0.336 e. The van der Waals surface area contributed by atoms with Crippen molar-refractivity contribution < 1.29 is 22.5 Å². The highest BCUT2D eigenvalue weighted by molar-refractivity contribution is 7.89. The number of piperazine rings is 1. The molecule has 1 saturated heterocycles. The van der Waals surface area contributed by atoms with Gasteiger partial charge in [0, 0.05) is 32.2 Å². The highest BCUT2D eigenvalue weighted by Gasteiger charge is 2.32. The van der Waals surface area contributed by atoms with Gasteiger partial charge in [-0.05, 0) is 24.3 Å². The smallest absolute Gasteiger partial charge is 0.282 e. The topological polar surface area (TPSA) is 101 Å². The van der Waals surface area contributed by atoms with Crippen molar-refractivity contribution in [2.45, 2.75) is 4.90 Å². The van der Waals surface area contributed by atoms with Crippen LogP contribution in [0, 0.1) is 15.9 Å². The third-order valence-corrected chi connectivity index (χ3v) is 6.57. The quantitative estimate of drug-likeness (QED) is 0.551. The van der Waals surface area contributed by atoms with E-state index in [2.05, 4.69) is 0 Å². The van der Waals surface area contributed by atoms with Gasteiger partial charge in [0.2, 0.25) is 10.0 Å². The molecule has 1 fully saturated rings. The summed E-state index contributed by atoms with van der Waals surface area (Å²) in [5, 5.41) is 10.8. The summed E-state index contributed by atoms with van der Waals surface area (Å²) in [5.41, 5.74) is -0.349. The molecule has 0 spiro atoms. The van der Waals surface area contributed by atoms with Gasteiger partial charge in [0.1, 0.15) is 11.4 Å². The third-order valence-electron chi connectivity index (χ3n) is 4.39. The van der Waals surface area contributed by atoms with E-state index in [0.717, 1.165) is 18.2 Å². The number of hydrogen-bond acceptors (Lipinski definition) is 5. The maximum absolute atomic E-state index is 13.3.